The van der Waals surface area contributed by atoms with E-state index >= 15 is 0 Å². The summed E-state index contributed by atoms with van der Waals surface area (Å²) in [5.74, 6) is 0. The maximum absolute atomic E-state index is 13.7. The molecule has 3 aromatic carbocycles. The second-order valence-electron chi connectivity index (χ2n) is 8.14. The minimum Gasteiger partial charge on any atom is -0.340 e. The number of hydrogen-bond donors (Lipinski definition) is 1. The molecule has 0 radical (unpaired) electrons. The molecule has 0 aliphatic heterocycles. The highest BCUT2D eigenvalue weighted by Gasteiger charge is 2.19. The first kappa shape index (κ1) is 21.9. The number of nitrogens with zero attached hydrogens (tertiary/aromatic N) is 2. The van der Waals surface area contributed by atoms with E-state index in [1.54, 1.807) is 24.3 Å². The van der Waals surface area contributed by atoms with Crippen LogP contribution in [-0.4, -0.2) is 18.0 Å². The first-order chi connectivity index (χ1) is 16.3. The molecular formula is C26H20FN3O3S. The molecule has 34 heavy (non-hydrogen) atoms. The van der Waals surface area contributed by atoms with Crippen molar-refractivity contribution in [3.8, 4) is 17.2 Å². The average Bonchev–Trinajstić information content (AvgIpc) is 3.21. The molecule has 2 aromatic heterocycles. The smallest absolute Gasteiger partial charge is 0.332 e. The van der Waals surface area contributed by atoms with Crippen molar-refractivity contribution in [2.45, 2.75) is 31.7 Å². The molecule has 2 heterocycles. The minimum atomic E-state index is -4.85. The first-order valence-electron chi connectivity index (χ1n) is 10.9. The Bertz CT molecular complexity index is 1840. The van der Waals surface area contributed by atoms with Gasteiger partial charge in [0.2, 0.25) is 0 Å². The lowest BCUT2D eigenvalue weighted by atomic mass is 9.95. The SMILES string of the molecule is CCc1cc2c(=O)c3c4ccc(C#N)cc4[nH]c3n(CC)c2cc1-c1cccc(S(=O)(=O)F)c1. The second kappa shape index (κ2) is 7.82. The predicted octanol–water partition coefficient (Wildman–Crippen LogP) is 5.42. The van der Waals surface area contributed by atoms with Gasteiger partial charge in [0.25, 0.3) is 0 Å². The van der Waals surface area contributed by atoms with E-state index in [0.717, 1.165) is 16.5 Å². The monoisotopic (exact) mass is 473 g/mol. The zero-order valence-corrected chi connectivity index (χ0v) is 19.3. The standard InChI is InChI=1S/C26H20FN3O3S/c1-3-16-12-21-23(13-20(16)17-6-5-7-18(11-17)34(27,32)33)30(4-2)26-24(25(21)31)19-9-8-15(14-28)10-22(19)29-26/h5-13,29H,3-4H2,1-2H3. The van der Waals surface area contributed by atoms with Crippen LogP contribution in [-0.2, 0) is 23.2 Å². The number of nitriles is 1. The summed E-state index contributed by atoms with van der Waals surface area (Å²) < 4.78 is 38.6. The lowest BCUT2D eigenvalue weighted by molar-refractivity contribution is 0.552. The minimum absolute atomic E-state index is 0.119. The number of benzene rings is 3. The fourth-order valence-corrected chi connectivity index (χ4v) is 5.19. The quantitative estimate of drug-likeness (QED) is 0.353. The van der Waals surface area contributed by atoms with Gasteiger partial charge in [-0.15, -0.1) is 3.89 Å². The summed E-state index contributed by atoms with van der Waals surface area (Å²) in [7, 11) is -4.85. The molecule has 0 aliphatic carbocycles. The fourth-order valence-electron chi connectivity index (χ4n) is 4.68. The molecule has 5 rings (SSSR count). The number of nitrogens with one attached hydrogen (secondary N) is 1. The highest BCUT2D eigenvalue weighted by Crippen LogP contribution is 2.33. The van der Waals surface area contributed by atoms with E-state index in [0.29, 0.717) is 51.5 Å². The van der Waals surface area contributed by atoms with Crippen LogP contribution in [0, 0.1) is 11.3 Å². The van der Waals surface area contributed by atoms with Crippen LogP contribution in [0.15, 0.2) is 64.3 Å². The van der Waals surface area contributed by atoms with Crippen LogP contribution in [0.25, 0.3) is 44.0 Å². The van der Waals surface area contributed by atoms with Crippen LogP contribution in [0.2, 0.25) is 0 Å². The highest BCUT2D eigenvalue weighted by atomic mass is 32.3. The molecule has 0 amide bonds. The molecule has 0 saturated carbocycles. The van der Waals surface area contributed by atoms with Crippen molar-refractivity contribution in [2.24, 2.45) is 0 Å². The molecule has 0 spiro atoms. The number of aromatic nitrogens is 2. The summed E-state index contributed by atoms with van der Waals surface area (Å²) in [6, 6.07) is 16.8. The summed E-state index contributed by atoms with van der Waals surface area (Å²) in [4.78, 5) is 16.6. The third kappa shape index (κ3) is 3.28. The highest BCUT2D eigenvalue weighted by molar-refractivity contribution is 7.86. The summed E-state index contributed by atoms with van der Waals surface area (Å²) in [5, 5.41) is 11.1. The van der Waals surface area contributed by atoms with Crippen molar-refractivity contribution < 1.29 is 12.3 Å². The van der Waals surface area contributed by atoms with Crippen LogP contribution in [0.1, 0.15) is 25.0 Å². The van der Waals surface area contributed by atoms with Crippen molar-refractivity contribution in [3.05, 3.63) is 75.9 Å². The number of hydrogen-bond acceptors (Lipinski definition) is 4. The molecule has 5 aromatic rings. The van der Waals surface area contributed by atoms with Crippen molar-refractivity contribution in [3.63, 3.8) is 0 Å². The number of aromatic amines is 1. The van der Waals surface area contributed by atoms with Gasteiger partial charge < -0.3 is 9.55 Å². The zero-order chi connectivity index (χ0) is 24.2. The van der Waals surface area contributed by atoms with Gasteiger partial charge in [-0.25, -0.2) is 0 Å². The second-order valence-corrected chi connectivity index (χ2v) is 9.49. The normalized spacial score (nSPS) is 11.9. The van der Waals surface area contributed by atoms with Gasteiger partial charge in [0.1, 0.15) is 5.65 Å². The van der Waals surface area contributed by atoms with Gasteiger partial charge in [-0.05, 0) is 66.4 Å². The molecule has 6 nitrogen and oxygen atoms in total. The Morgan fingerprint density at radius 1 is 1.06 bits per heavy atom. The van der Waals surface area contributed by atoms with Gasteiger partial charge >= 0.3 is 10.2 Å². The third-order valence-electron chi connectivity index (χ3n) is 6.29. The summed E-state index contributed by atoms with van der Waals surface area (Å²) in [6.45, 7) is 4.49. The summed E-state index contributed by atoms with van der Waals surface area (Å²) >= 11 is 0. The van der Waals surface area contributed by atoms with Crippen LogP contribution in [0.5, 0.6) is 0 Å². The Hall–Kier alpha value is -3.96. The van der Waals surface area contributed by atoms with E-state index in [-0.39, 0.29) is 5.43 Å². The fraction of sp³-hybridized carbons (Fsp3) is 0.154. The lowest BCUT2D eigenvalue weighted by Crippen LogP contribution is -2.11. The van der Waals surface area contributed by atoms with Gasteiger partial charge in [0.15, 0.2) is 5.43 Å². The number of pyridine rings is 1. The lowest BCUT2D eigenvalue weighted by Gasteiger charge is -2.16. The number of fused-ring (bicyclic) bond motifs is 4. The van der Waals surface area contributed by atoms with E-state index in [2.05, 4.69) is 11.1 Å². The Balaban J connectivity index is 1.90. The van der Waals surface area contributed by atoms with Crippen LogP contribution < -0.4 is 5.43 Å². The molecule has 0 aliphatic rings. The molecule has 1 N–H and O–H groups in total. The van der Waals surface area contributed by atoms with Crippen LogP contribution >= 0.6 is 0 Å². The Labute approximate surface area is 195 Å². The molecule has 0 bridgehead atoms. The summed E-state index contributed by atoms with van der Waals surface area (Å²) in [5.41, 5.74) is 4.58. The number of H-pyrrole nitrogens is 1. The van der Waals surface area contributed by atoms with Gasteiger partial charge in [-0.3, -0.25) is 4.79 Å². The zero-order valence-electron chi connectivity index (χ0n) is 18.5. The van der Waals surface area contributed by atoms with Crippen molar-refractivity contribution in [1.82, 2.24) is 9.55 Å². The molecule has 0 unspecified atom stereocenters. The van der Waals surface area contributed by atoms with Gasteiger partial charge in [-0.2, -0.15) is 13.7 Å². The molecule has 0 saturated heterocycles. The van der Waals surface area contributed by atoms with E-state index in [4.69, 9.17) is 0 Å². The number of rotatable bonds is 4. The predicted molar refractivity (Wildman–Crippen MR) is 131 cm³/mol. The van der Waals surface area contributed by atoms with Gasteiger partial charge in [0.05, 0.1) is 27.4 Å². The van der Waals surface area contributed by atoms with Crippen LogP contribution in [0.4, 0.5) is 3.89 Å². The summed E-state index contributed by atoms with van der Waals surface area (Å²) in [6.07, 6.45) is 0.598. The van der Waals surface area contributed by atoms with Crippen molar-refractivity contribution in [2.75, 3.05) is 0 Å². The third-order valence-corrected chi connectivity index (χ3v) is 7.10. The molecule has 0 fully saturated rings. The Morgan fingerprint density at radius 3 is 2.53 bits per heavy atom. The largest absolute Gasteiger partial charge is 0.340 e. The Kier molecular flexibility index (Phi) is 5.03. The number of aryl methyl sites for hydroxylation is 2. The average molecular weight is 474 g/mol. The van der Waals surface area contributed by atoms with Gasteiger partial charge in [0, 0.05) is 22.8 Å². The molecule has 170 valence electrons. The van der Waals surface area contributed by atoms with Crippen molar-refractivity contribution >= 4 is 43.1 Å². The molecular weight excluding hydrogens is 453 g/mol. The van der Waals surface area contributed by atoms with Crippen LogP contribution in [0.3, 0.4) is 0 Å². The van der Waals surface area contributed by atoms with E-state index < -0.39 is 15.1 Å². The molecule has 0 atom stereocenters. The maximum Gasteiger partial charge on any atom is 0.332 e. The maximum atomic E-state index is 13.7. The van der Waals surface area contributed by atoms with E-state index in [1.165, 1.54) is 18.2 Å². The van der Waals surface area contributed by atoms with E-state index in [1.807, 2.05) is 30.5 Å². The van der Waals surface area contributed by atoms with E-state index in [9.17, 15) is 22.4 Å². The van der Waals surface area contributed by atoms with Gasteiger partial charge in [-0.1, -0.05) is 25.1 Å². The first-order valence-corrected chi connectivity index (χ1v) is 12.2. The topological polar surface area (TPSA) is 95.7 Å². The Morgan fingerprint density at radius 2 is 1.85 bits per heavy atom. The van der Waals surface area contributed by atoms with Crippen molar-refractivity contribution in [1.29, 1.82) is 5.26 Å². The number of halogens is 1. The molecule has 8 heteroatoms.